The van der Waals surface area contributed by atoms with Gasteiger partial charge in [-0.1, -0.05) is 20.8 Å². The van der Waals surface area contributed by atoms with Crippen LogP contribution in [0.2, 0.25) is 0 Å². The van der Waals surface area contributed by atoms with E-state index >= 15 is 0 Å². The minimum absolute atomic E-state index is 0.0861. The largest absolute Gasteiger partial charge is 0.354 e. The molecule has 0 saturated heterocycles. The molecule has 1 aromatic rings. The maximum Gasteiger partial charge on any atom is 0.225 e. The molecule has 0 atom stereocenters. The molecule has 0 unspecified atom stereocenters. The van der Waals surface area contributed by atoms with E-state index in [4.69, 9.17) is 0 Å². The molecular weight excluding hydrogens is 222 g/mol. The first-order valence-corrected chi connectivity index (χ1v) is 6.30. The summed E-state index contributed by atoms with van der Waals surface area (Å²) in [4.78, 5) is 15.7. The first-order chi connectivity index (χ1) is 7.50. The summed E-state index contributed by atoms with van der Waals surface area (Å²) >= 11 is 1.59. The lowest BCUT2D eigenvalue weighted by atomic mass is 9.96. The van der Waals surface area contributed by atoms with Crippen LogP contribution in [-0.4, -0.2) is 24.0 Å². The smallest absolute Gasteiger partial charge is 0.225 e. The molecule has 1 aromatic heterocycles. The third kappa shape index (κ3) is 4.72. The van der Waals surface area contributed by atoms with Crippen LogP contribution in [0.3, 0.4) is 0 Å². The van der Waals surface area contributed by atoms with Crippen molar-refractivity contribution < 1.29 is 4.79 Å². The van der Waals surface area contributed by atoms with E-state index in [0.29, 0.717) is 6.54 Å². The van der Waals surface area contributed by atoms with E-state index in [1.54, 1.807) is 11.3 Å². The van der Waals surface area contributed by atoms with E-state index in [0.717, 1.165) is 18.8 Å². The molecule has 0 aromatic carbocycles. The second-order valence-corrected chi connectivity index (χ2v) is 5.38. The second-order valence-electron chi connectivity index (χ2n) is 4.66. The molecule has 2 N–H and O–H groups in total. The number of carbonyl (C=O) groups excluding carboxylic acids is 1. The van der Waals surface area contributed by atoms with E-state index in [2.05, 4.69) is 15.6 Å². The molecule has 0 saturated carbocycles. The lowest BCUT2D eigenvalue weighted by Crippen LogP contribution is -2.38. The summed E-state index contributed by atoms with van der Waals surface area (Å²) in [7, 11) is 0. The van der Waals surface area contributed by atoms with Gasteiger partial charge in [-0.05, 0) is 0 Å². The van der Waals surface area contributed by atoms with Crippen molar-refractivity contribution in [3.8, 4) is 0 Å². The van der Waals surface area contributed by atoms with Crippen LogP contribution in [-0.2, 0) is 11.3 Å². The quantitative estimate of drug-likeness (QED) is 0.766. The molecule has 0 aliphatic carbocycles. The Morgan fingerprint density at radius 2 is 2.19 bits per heavy atom. The molecule has 90 valence electrons. The third-order valence-electron chi connectivity index (χ3n) is 2.06. The molecule has 0 aliphatic heterocycles. The number of hydrogen-bond donors (Lipinski definition) is 2. The molecule has 1 heterocycles. The molecule has 0 fully saturated rings. The molecule has 1 rings (SSSR count). The highest BCUT2D eigenvalue weighted by atomic mass is 32.1. The van der Waals surface area contributed by atoms with Gasteiger partial charge in [-0.15, -0.1) is 11.3 Å². The maximum absolute atomic E-state index is 11.5. The van der Waals surface area contributed by atoms with Gasteiger partial charge in [-0.2, -0.15) is 0 Å². The number of amides is 1. The lowest BCUT2D eigenvalue weighted by molar-refractivity contribution is -0.128. The van der Waals surface area contributed by atoms with Crippen LogP contribution in [0.15, 0.2) is 10.9 Å². The Morgan fingerprint density at radius 1 is 1.44 bits per heavy atom. The van der Waals surface area contributed by atoms with Crippen molar-refractivity contribution in [2.24, 2.45) is 5.41 Å². The molecule has 0 spiro atoms. The van der Waals surface area contributed by atoms with Gasteiger partial charge >= 0.3 is 0 Å². The van der Waals surface area contributed by atoms with Crippen LogP contribution in [0.5, 0.6) is 0 Å². The fourth-order valence-corrected chi connectivity index (χ4v) is 1.63. The van der Waals surface area contributed by atoms with Gasteiger partial charge in [-0.25, -0.2) is 4.98 Å². The fraction of sp³-hybridized carbons (Fsp3) is 0.636. The topological polar surface area (TPSA) is 54.0 Å². The zero-order valence-electron chi connectivity index (χ0n) is 10.0. The van der Waals surface area contributed by atoms with Crippen LogP contribution in [0.25, 0.3) is 0 Å². The van der Waals surface area contributed by atoms with Gasteiger partial charge in [0.15, 0.2) is 0 Å². The number of nitrogens with zero attached hydrogens (tertiary/aromatic N) is 1. The van der Waals surface area contributed by atoms with Crippen molar-refractivity contribution in [3.05, 3.63) is 16.6 Å². The van der Waals surface area contributed by atoms with Crippen molar-refractivity contribution >= 4 is 17.2 Å². The van der Waals surface area contributed by atoms with Crippen LogP contribution in [0.4, 0.5) is 0 Å². The molecule has 5 heteroatoms. The van der Waals surface area contributed by atoms with Crippen molar-refractivity contribution in [3.63, 3.8) is 0 Å². The SMILES string of the molecule is CC(C)(C)C(=O)NCCNCc1cscn1. The molecule has 0 radical (unpaired) electrons. The molecule has 1 amide bonds. The Labute approximate surface area is 100 Å². The first-order valence-electron chi connectivity index (χ1n) is 5.36. The van der Waals surface area contributed by atoms with Crippen LogP contribution in [0, 0.1) is 5.41 Å². The van der Waals surface area contributed by atoms with Gasteiger partial charge in [0.25, 0.3) is 0 Å². The molecule has 0 aliphatic rings. The highest BCUT2D eigenvalue weighted by Gasteiger charge is 2.19. The van der Waals surface area contributed by atoms with Crippen LogP contribution in [0.1, 0.15) is 26.5 Å². The minimum Gasteiger partial charge on any atom is -0.354 e. The number of hydrogen-bond acceptors (Lipinski definition) is 4. The zero-order chi connectivity index (χ0) is 12.0. The third-order valence-corrected chi connectivity index (χ3v) is 2.69. The molecule has 0 bridgehead atoms. The van der Waals surface area contributed by atoms with Gasteiger partial charge in [0, 0.05) is 30.4 Å². The van der Waals surface area contributed by atoms with E-state index < -0.39 is 0 Å². The van der Waals surface area contributed by atoms with Crippen molar-refractivity contribution in [1.82, 2.24) is 15.6 Å². The van der Waals surface area contributed by atoms with Crippen molar-refractivity contribution in [2.75, 3.05) is 13.1 Å². The molecular formula is C11H19N3OS. The number of aromatic nitrogens is 1. The van der Waals surface area contributed by atoms with Crippen molar-refractivity contribution in [1.29, 1.82) is 0 Å². The molecule has 16 heavy (non-hydrogen) atoms. The van der Waals surface area contributed by atoms with Gasteiger partial charge in [0.1, 0.15) is 0 Å². The summed E-state index contributed by atoms with van der Waals surface area (Å²) < 4.78 is 0. The van der Waals surface area contributed by atoms with E-state index in [-0.39, 0.29) is 11.3 Å². The number of rotatable bonds is 5. The average molecular weight is 241 g/mol. The molecule has 4 nitrogen and oxygen atoms in total. The second kappa shape index (κ2) is 5.96. The Bertz CT molecular complexity index is 316. The maximum atomic E-state index is 11.5. The number of carbonyl (C=O) groups is 1. The monoisotopic (exact) mass is 241 g/mol. The van der Waals surface area contributed by atoms with Gasteiger partial charge in [0.2, 0.25) is 5.91 Å². The minimum atomic E-state index is -0.311. The summed E-state index contributed by atoms with van der Waals surface area (Å²) in [5.41, 5.74) is 2.56. The van der Waals surface area contributed by atoms with E-state index in [1.807, 2.05) is 31.7 Å². The summed E-state index contributed by atoms with van der Waals surface area (Å²) in [5, 5.41) is 8.12. The zero-order valence-corrected chi connectivity index (χ0v) is 10.9. The summed E-state index contributed by atoms with van der Waals surface area (Å²) in [6.45, 7) is 7.90. The van der Waals surface area contributed by atoms with Crippen LogP contribution >= 0.6 is 11.3 Å². The summed E-state index contributed by atoms with van der Waals surface area (Å²) in [6.07, 6.45) is 0. The lowest BCUT2D eigenvalue weighted by Gasteiger charge is -2.17. The number of thiazole rings is 1. The Balaban J connectivity index is 2.06. The average Bonchev–Trinajstić information content (AvgIpc) is 2.68. The summed E-state index contributed by atoms with van der Waals surface area (Å²) in [6, 6.07) is 0. The highest BCUT2D eigenvalue weighted by molar-refractivity contribution is 7.07. The van der Waals surface area contributed by atoms with E-state index in [9.17, 15) is 4.79 Å². The fourth-order valence-electron chi connectivity index (χ4n) is 1.07. The van der Waals surface area contributed by atoms with Gasteiger partial charge in [0.05, 0.1) is 11.2 Å². The van der Waals surface area contributed by atoms with Gasteiger partial charge < -0.3 is 10.6 Å². The Kier molecular flexibility index (Phi) is 4.89. The van der Waals surface area contributed by atoms with Crippen LogP contribution < -0.4 is 10.6 Å². The number of nitrogens with one attached hydrogen (secondary N) is 2. The van der Waals surface area contributed by atoms with Crippen molar-refractivity contribution in [2.45, 2.75) is 27.3 Å². The highest BCUT2D eigenvalue weighted by Crippen LogP contribution is 2.11. The Hall–Kier alpha value is -0.940. The van der Waals surface area contributed by atoms with Gasteiger partial charge in [-0.3, -0.25) is 4.79 Å². The Morgan fingerprint density at radius 3 is 2.75 bits per heavy atom. The summed E-state index contributed by atoms with van der Waals surface area (Å²) in [5.74, 6) is 0.0861. The first kappa shape index (κ1) is 13.1. The predicted molar refractivity (Wildman–Crippen MR) is 66.3 cm³/mol. The van der Waals surface area contributed by atoms with E-state index in [1.165, 1.54) is 0 Å². The normalized spacial score (nSPS) is 11.4. The predicted octanol–water partition coefficient (Wildman–Crippen LogP) is 1.39. The standard InChI is InChI=1S/C11H19N3OS/c1-11(2,3)10(15)13-5-4-12-6-9-7-16-8-14-9/h7-8,12H,4-6H2,1-3H3,(H,13,15).